The fraction of sp³-hybridized carbons (Fsp3) is 0.318. The summed E-state index contributed by atoms with van der Waals surface area (Å²) in [7, 11) is 0. The predicted molar refractivity (Wildman–Crippen MR) is 108 cm³/mol. The van der Waals surface area contributed by atoms with Crippen LogP contribution >= 0.6 is 0 Å². The first kappa shape index (κ1) is 18.9. The van der Waals surface area contributed by atoms with Crippen molar-refractivity contribution >= 4 is 5.57 Å². The summed E-state index contributed by atoms with van der Waals surface area (Å²) in [6.45, 7) is 4.10. The predicted octanol–water partition coefficient (Wildman–Crippen LogP) is 3.67. The summed E-state index contributed by atoms with van der Waals surface area (Å²) in [6, 6.07) is 8.59. The van der Waals surface area contributed by atoms with E-state index in [1.807, 2.05) is 0 Å². The third-order valence-corrected chi connectivity index (χ3v) is 6.10. The van der Waals surface area contributed by atoms with Crippen molar-refractivity contribution in [3.05, 3.63) is 60.8 Å². The van der Waals surface area contributed by atoms with Crippen LogP contribution < -0.4 is 5.32 Å². The number of hydrogen-bond donors (Lipinski definition) is 2. The van der Waals surface area contributed by atoms with Crippen LogP contribution in [-0.2, 0) is 0 Å². The second kappa shape index (κ2) is 7.28. The van der Waals surface area contributed by atoms with Crippen molar-refractivity contribution in [2.75, 3.05) is 0 Å². The number of nitrogens with one attached hydrogen (secondary N) is 1. The summed E-state index contributed by atoms with van der Waals surface area (Å²) >= 11 is 0. The van der Waals surface area contributed by atoms with Gasteiger partial charge in [0, 0.05) is 29.6 Å². The van der Waals surface area contributed by atoms with Gasteiger partial charge in [-0.1, -0.05) is 6.58 Å². The summed E-state index contributed by atoms with van der Waals surface area (Å²) in [5.41, 5.74) is 2.72. The molecule has 0 saturated carbocycles. The van der Waals surface area contributed by atoms with Crippen molar-refractivity contribution in [1.82, 2.24) is 25.3 Å². The number of alkyl halides is 1. The van der Waals surface area contributed by atoms with E-state index in [-0.39, 0.29) is 17.7 Å². The first-order valence-electron chi connectivity index (χ1n) is 9.96. The zero-order chi connectivity index (χ0) is 20.8. The van der Waals surface area contributed by atoms with Crippen LogP contribution in [0.5, 0.6) is 5.75 Å². The molecule has 1 aromatic carbocycles. The molecule has 8 heteroatoms. The highest BCUT2D eigenvalue weighted by atomic mass is 19.1. The Morgan fingerprint density at radius 1 is 1.20 bits per heavy atom. The lowest BCUT2D eigenvalue weighted by Gasteiger charge is -2.33. The lowest BCUT2D eigenvalue weighted by molar-refractivity contribution is 0.167. The van der Waals surface area contributed by atoms with Gasteiger partial charge in [0.25, 0.3) is 0 Å². The molecule has 2 aliphatic rings. The number of benzene rings is 1. The number of piperidine rings is 1. The molecule has 5 rings (SSSR count). The molecule has 2 saturated heterocycles. The summed E-state index contributed by atoms with van der Waals surface area (Å²) in [5.74, 6) is -0.744. The maximum atomic E-state index is 14.8. The van der Waals surface area contributed by atoms with Crippen LogP contribution in [-0.4, -0.2) is 43.3 Å². The molecule has 2 aliphatic heterocycles. The highest BCUT2D eigenvalue weighted by Crippen LogP contribution is 2.39. The average Bonchev–Trinajstić information content (AvgIpc) is 3.37. The number of nitrogens with zero attached hydrogens (tertiary/aromatic N) is 4. The lowest BCUT2D eigenvalue weighted by Crippen LogP contribution is -2.47. The molecule has 0 unspecified atom stereocenters. The average molecular weight is 409 g/mol. The van der Waals surface area contributed by atoms with Gasteiger partial charge in [-0.3, -0.25) is 0 Å². The zero-order valence-corrected chi connectivity index (χ0v) is 16.2. The number of phenols is 1. The Kier molecular flexibility index (Phi) is 4.58. The topological polar surface area (TPSA) is 75.9 Å². The van der Waals surface area contributed by atoms with Crippen molar-refractivity contribution in [3.63, 3.8) is 0 Å². The van der Waals surface area contributed by atoms with E-state index in [4.69, 9.17) is 0 Å². The third-order valence-electron chi connectivity index (χ3n) is 6.10. The number of halogens is 2. The van der Waals surface area contributed by atoms with Crippen molar-refractivity contribution in [1.29, 1.82) is 0 Å². The molecule has 0 radical (unpaired) electrons. The lowest BCUT2D eigenvalue weighted by atomic mass is 9.83. The van der Waals surface area contributed by atoms with Crippen LogP contribution in [0.25, 0.3) is 22.5 Å². The van der Waals surface area contributed by atoms with Gasteiger partial charge in [-0.05, 0) is 49.1 Å². The number of aromatic nitrogens is 4. The summed E-state index contributed by atoms with van der Waals surface area (Å²) < 4.78 is 29.3. The molecule has 30 heavy (non-hydrogen) atoms. The molecule has 2 aromatic heterocycles. The van der Waals surface area contributed by atoms with Crippen molar-refractivity contribution in [3.8, 4) is 22.7 Å². The van der Waals surface area contributed by atoms with Crippen LogP contribution in [0.3, 0.4) is 0 Å². The van der Waals surface area contributed by atoms with Gasteiger partial charge >= 0.3 is 0 Å². The molecule has 4 heterocycles. The third kappa shape index (κ3) is 3.27. The fourth-order valence-corrected chi connectivity index (χ4v) is 4.50. The quantitative estimate of drug-likeness (QED) is 0.688. The molecule has 4 atom stereocenters. The van der Waals surface area contributed by atoms with Crippen LogP contribution in [0.2, 0.25) is 0 Å². The Balaban J connectivity index is 1.36. The second-order valence-electron chi connectivity index (χ2n) is 7.97. The molecule has 2 fully saturated rings. The molecule has 0 spiro atoms. The second-order valence-corrected chi connectivity index (χ2v) is 7.97. The first-order valence-corrected chi connectivity index (χ1v) is 9.96. The smallest absolute Gasteiger partial charge is 0.161 e. The number of rotatable bonds is 4. The van der Waals surface area contributed by atoms with E-state index in [1.165, 1.54) is 16.9 Å². The largest absolute Gasteiger partial charge is 0.507 e. The normalized spacial score (nSPS) is 25.4. The monoisotopic (exact) mass is 409 g/mol. The van der Waals surface area contributed by atoms with Crippen molar-refractivity contribution in [2.45, 2.75) is 37.5 Å². The van der Waals surface area contributed by atoms with Gasteiger partial charge < -0.3 is 10.4 Å². The maximum absolute atomic E-state index is 14.8. The van der Waals surface area contributed by atoms with Gasteiger partial charge in [-0.25, -0.2) is 13.5 Å². The molecule has 2 N–H and O–H groups in total. The Labute approximate surface area is 172 Å². The Bertz CT molecular complexity index is 1100. The van der Waals surface area contributed by atoms with Crippen molar-refractivity contribution in [2.24, 2.45) is 5.92 Å². The maximum Gasteiger partial charge on any atom is 0.161 e. The van der Waals surface area contributed by atoms with Crippen LogP contribution in [0.1, 0.15) is 25.0 Å². The van der Waals surface area contributed by atoms with Crippen LogP contribution in [0.4, 0.5) is 8.78 Å². The van der Waals surface area contributed by atoms with Gasteiger partial charge in [0.2, 0.25) is 0 Å². The minimum atomic E-state index is -0.971. The number of phenolic OH excluding ortho intramolecular Hbond substituents is 1. The van der Waals surface area contributed by atoms with E-state index in [0.29, 0.717) is 34.3 Å². The molecule has 0 amide bonds. The Hall–Kier alpha value is -3.13. The standard InChI is InChI=1S/C22H21F2N5O/c1-12(17-8-14-2-5-20(26-14)22(17)24)18-6-7-19(28-27-18)16-4-3-15(9-21(16)30)29-11-13(23)10-25-29/h3-4,6-7,9-11,14,17,20,22,26,30H,1-2,5,8H2/t14-,17+,20+,22-/m0/s1. The van der Waals surface area contributed by atoms with E-state index in [9.17, 15) is 13.9 Å². The number of fused-ring (bicyclic) bond motifs is 2. The Morgan fingerprint density at radius 3 is 2.77 bits per heavy atom. The van der Waals surface area contributed by atoms with Crippen LogP contribution in [0, 0.1) is 11.7 Å². The van der Waals surface area contributed by atoms with Gasteiger partial charge in [0.1, 0.15) is 11.9 Å². The van der Waals surface area contributed by atoms with Gasteiger partial charge in [-0.2, -0.15) is 10.2 Å². The SMILES string of the molecule is C=C(c1ccc(-c2ccc(-n3cc(F)cn3)cc2O)nn1)[C@H]1C[C@@H]2CC[C@@H](N2)[C@H]1F. The number of allylic oxidation sites excluding steroid dienone is 1. The highest BCUT2D eigenvalue weighted by Gasteiger charge is 2.43. The minimum Gasteiger partial charge on any atom is -0.507 e. The summed E-state index contributed by atoms with van der Waals surface area (Å²) in [5, 5.41) is 26.1. The summed E-state index contributed by atoms with van der Waals surface area (Å²) in [6.07, 6.45) is 3.93. The molecular weight excluding hydrogens is 388 g/mol. The van der Waals surface area contributed by atoms with Gasteiger partial charge in [-0.15, -0.1) is 5.10 Å². The van der Waals surface area contributed by atoms with Crippen molar-refractivity contribution < 1.29 is 13.9 Å². The zero-order valence-electron chi connectivity index (χ0n) is 16.2. The molecule has 0 aliphatic carbocycles. The molecule has 6 nitrogen and oxygen atoms in total. The van der Waals surface area contributed by atoms with E-state index in [1.54, 1.807) is 24.3 Å². The molecular formula is C22H21F2N5O. The summed E-state index contributed by atoms with van der Waals surface area (Å²) in [4.78, 5) is 0. The van der Waals surface area contributed by atoms with E-state index >= 15 is 0 Å². The molecule has 2 bridgehead atoms. The van der Waals surface area contributed by atoms with E-state index in [0.717, 1.165) is 25.5 Å². The highest BCUT2D eigenvalue weighted by molar-refractivity contribution is 5.70. The molecule has 3 aromatic rings. The minimum absolute atomic E-state index is 0.0250. The van der Waals surface area contributed by atoms with E-state index in [2.05, 4.69) is 27.2 Å². The fourth-order valence-electron chi connectivity index (χ4n) is 4.50. The Morgan fingerprint density at radius 2 is 2.07 bits per heavy atom. The van der Waals surface area contributed by atoms with Gasteiger partial charge in [0.15, 0.2) is 5.82 Å². The number of hydrogen-bond acceptors (Lipinski definition) is 5. The molecule has 154 valence electrons. The van der Waals surface area contributed by atoms with E-state index < -0.39 is 12.0 Å². The van der Waals surface area contributed by atoms with Gasteiger partial charge in [0.05, 0.1) is 29.5 Å². The first-order chi connectivity index (χ1) is 14.5. The number of aromatic hydroxyl groups is 1. The van der Waals surface area contributed by atoms with Crippen LogP contribution in [0.15, 0.2) is 49.3 Å².